The quantitative estimate of drug-likeness (QED) is 0.292. The summed E-state index contributed by atoms with van der Waals surface area (Å²) in [5.41, 5.74) is 0.757. The van der Waals surface area contributed by atoms with Crippen molar-refractivity contribution in [3.63, 3.8) is 0 Å². The summed E-state index contributed by atoms with van der Waals surface area (Å²) >= 11 is 0. The minimum atomic E-state index is -1.44. The van der Waals surface area contributed by atoms with Crippen LogP contribution in [0.1, 0.15) is 33.1 Å². The van der Waals surface area contributed by atoms with Crippen molar-refractivity contribution < 1.29 is 48.0 Å². The molecule has 3 N–H and O–H groups in total. The van der Waals surface area contributed by atoms with Crippen LogP contribution >= 0.6 is 0 Å². The number of rotatable bonds is 9. The lowest BCUT2D eigenvalue weighted by atomic mass is 9.78. The zero-order valence-corrected chi connectivity index (χ0v) is 23.1. The molecule has 4 unspecified atom stereocenters. The minimum Gasteiger partial charge on any atom is -0.489 e. The number of amides is 2. The van der Waals surface area contributed by atoms with Crippen LogP contribution < -0.4 is 9.64 Å². The molecule has 0 aromatic heterocycles. The molecule has 226 valence electrons. The van der Waals surface area contributed by atoms with E-state index in [1.807, 2.05) is 13.8 Å². The van der Waals surface area contributed by atoms with Crippen LogP contribution in [-0.4, -0.2) is 107 Å². The number of aliphatic hydroxyl groups is 1. The van der Waals surface area contributed by atoms with Gasteiger partial charge in [0.2, 0.25) is 11.8 Å². The third-order valence-corrected chi connectivity index (χ3v) is 7.27. The third-order valence-electron chi connectivity index (χ3n) is 7.27. The van der Waals surface area contributed by atoms with Gasteiger partial charge in [0.05, 0.1) is 29.7 Å². The second kappa shape index (κ2) is 14.4. The fourth-order valence-electron chi connectivity index (χ4n) is 5.31. The first-order valence-electron chi connectivity index (χ1n) is 13.6. The topological polar surface area (TPSA) is 148 Å². The lowest BCUT2D eigenvalue weighted by molar-refractivity contribution is -0.140. The Morgan fingerprint density at radius 3 is 2.15 bits per heavy atom. The number of benzene rings is 1. The number of nitrogens with zero attached hydrogens (tertiary/aromatic N) is 3. The molecule has 0 radical (unpaired) electrons. The third kappa shape index (κ3) is 8.70. The Morgan fingerprint density at radius 2 is 1.59 bits per heavy atom. The second-order valence-corrected chi connectivity index (χ2v) is 10.6. The molecule has 0 spiro atoms. The zero-order chi connectivity index (χ0) is 30.3. The predicted octanol–water partition coefficient (Wildman–Crippen LogP) is 1.93. The van der Waals surface area contributed by atoms with Crippen molar-refractivity contribution in [2.45, 2.75) is 51.5 Å². The first-order valence-corrected chi connectivity index (χ1v) is 13.6. The Morgan fingerprint density at radius 1 is 1.00 bits per heavy atom. The highest BCUT2D eigenvalue weighted by Crippen LogP contribution is 2.39. The van der Waals surface area contributed by atoms with E-state index in [1.165, 1.54) is 17.0 Å². The molecule has 11 nitrogen and oxygen atoms in total. The van der Waals surface area contributed by atoms with Crippen LogP contribution in [-0.2, 0) is 19.2 Å². The number of anilines is 1. The number of piperazine rings is 1. The minimum absolute atomic E-state index is 0.00519. The SMILES string of the molecule is CC(C)Oc1ccc(F)cc1N1CCN(CCCN2C(=O)C3CC(O)C(F)CC3C2=O)CC1.O=C(O)/C=C\C(=O)O. The van der Waals surface area contributed by atoms with Crippen LogP contribution in [0.15, 0.2) is 30.4 Å². The first kappa shape index (κ1) is 31.9. The molecule has 2 heterocycles. The molecule has 2 amide bonds. The van der Waals surface area contributed by atoms with Gasteiger partial charge in [0.15, 0.2) is 0 Å². The number of ether oxygens (including phenoxy) is 1. The standard InChI is InChI=1S/C24H33F2N3O4.C4H4O4/c1-15(2)33-22-5-4-16(25)12-20(22)28-10-8-27(9-11-28)6-3-7-29-23(31)17-13-19(26)21(30)14-18(17)24(29)32;5-3(6)1-2-4(7)8/h4-5,12,15,17-19,21,30H,3,6-11,13-14H2,1-2H3;1-2H,(H,5,6)(H,7,8)/b;2-1-. The van der Waals surface area contributed by atoms with Crippen molar-refractivity contribution in [2.75, 3.05) is 44.2 Å². The van der Waals surface area contributed by atoms with Crippen molar-refractivity contribution >= 4 is 29.4 Å². The van der Waals surface area contributed by atoms with E-state index in [2.05, 4.69) is 9.80 Å². The lowest BCUT2D eigenvalue weighted by Crippen LogP contribution is -2.47. The van der Waals surface area contributed by atoms with Gasteiger partial charge in [-0.2, -0.15) is 0 Å². The van der Waals surface area contributed by atoms with Crippen molar-refractivity contribution in [2.24, 2.45) is 11.8 Å². The molecule has 1 aromatic carbocycles. The maximum atomic E-state index is 13.9. The molecule has 41 heavy (non-hydrogen) atoms. The molecular weight excluding hydrogens is 544 g/mol. The number of carbonyl (C=O) groups is 4. The lowest BCUT2D eigenvalue weighted by Gasteiger charge is -2.37. The van der Waals surface area contributed by atoms with Crippen LogP contribution in [0.25, 0.3) is 0 Å². The Labute approximate surface area is 237 Å². The van der Waals surface area contributed by atoms with Gasteiger partial charge < -0.3 is 25.0 Å². The number of carbonyl (C=O) groups excluding carboxylic acids is 2. The monoisotopic (exact) mass is 581 g/mol. The summed E-state index contributed by atoms with van der Waals surface area (Å²) in [5, 5.41) is 25.4. The predicted molar refractivity (Wildman–Crippen MR) is 144 cm³/mol. The van der Waals surface area contributed by atoms with Crippen molar-refractivity contribution in [3.8, 4) is 5.75 Å². The molecule has 2 saturated heterocycles. The molecule has 3 fully saturated rings. The van der Waals surface area contributed by atoms with Gasteiger partial charge in [-0.05, 0) is 51.8 Å². The number of carboxylic acid groups (broad SMARTS) is 2. The summed E-state index contributed by atoms with van der Waals surface area (Å²) in [6, 6.07) is 4.59. The van der Waals surface area contributed by atoms with Crippen LogP contribution in [0, 0.1) is 17.7 Å². The highest BCUT2D eigenvalue weighted by Gasteiger charge is 2.52. The van der Waals surface area contributed by atoms with Gasteiger partial charge in [-0.15, -0.1) is 0 Å². The van der Waals surface area contributed by atoms with Crippen molar-refractivity contribution in [3.05, 3.63) is 36.2 Å². The van der Waals surface area contributed by atoms with E-state index in [0.717, 1.165) is 38.4 Å². The van der Waals surface area contributed by atoms with Gasteiger partial charge in [-0.3, -0.25) is 19.4 Å². The number of imide groups is 1. The number of hydrogen-bond donors (Lipinski definition) is 3. The summed E-state index contributed by atoms with van der Waals surface area (Å²) in [5.74, 6) is -3.93. The van der Waals surface area contributed by atoms with Gasteiger partial charge in [0.25, 0.3) is 0 Å². The molecule has 1 aromatic rings. The highest BCUT2D eigenvalue weighted by molar-refractivity contribution is 6.05. The molecule has 2 aliphatic heterocycles. The van der Waals surface area contributed by atoms with Crippen molar-refractivity contribution in [1.29, 1.82) is 0 Å². The number of aliphatic carboxylic acids is 2. The maximum absolute atomic E-state index is 13.9. The van der Waals surface area contributed by atoms with Gasteiger partial charge in [-0.25, -0.2) is 18.4 Å². The van der Waals surface area contributed by atoms with E-state index < -0.39 is 36.1 Å². The van der Waals surface area contributed by atoms with E-state index in [9.17, 15) is 33.1 Å². The molecule has 1 aliphatic carbocycles. The maximum Gasteiger partial charge on any atom is 0.328 e. The van der Waals surface area contributed by atoms with E-state index in [-0.39, 0.29) is 36.6 Å². The normalized spacial score (nSPS) is 24.8. The number of likely N-dealkylation sites (tertiary alicyclic amines) is 1. The number of carboxylic acids is 2. The molecule has 13 heteroatoms. The Hall–Kier alpha value is -3.58. The van der Waals surface area contributed by atoms with Crippen LogP contribution in [0.3, 0.4) is 0 Å². The summed E-state index contributed by atoms with van der Waals surface area (Å²) in [6.45, 7) is 7.92. The van der Waals surface area contributed by atoms with E-state index in [4.69, 9.17) is 14.9 Å². The summed E-state index contributed by atoms with van der Waals surface area (Å²) in [4.78, 5) is 50.0. The number of aliphatic hydroxyl groups excluding tert-OH is 1. The fourth-order valence-corrected chi connectivity index (χ4v) is 5.31. The van der Waals surface area contributed by atoms with E-state index >= 15 is 0 Å². The number of alkyl halides is 1. The van der Waals surface area contributed by atoms with Crippen molar-refractivity contribution in [1.82, 2.24) is 9.80 Å². The Kier molecular flexibility index (Phi) is 11.2. The molecule has 4 rings (SSSR count). The number of hydrogen-bond acceptors (Lipinski definition) is 8. The average Bonchev–Trinajstić information content (AvgIpc) is 3.13. The van der Waals surface area contributed by atoms with Crippen LogP contribution in [0.2, 0.25) is 0 Å². The van der Waals surface area contributed by atoms with Gasteiger partial charge in [0.1, 0.15) is 17.7 Å². The molecule has 4 atom stereocenters. The second-order valence-electron chi connectivity index (χ2n) is 10.6. The largest absolute Gasteiger partial charge is 0.489 e. The number of fused-ring (bicyclic) bond motifs is 1. The van der Waals surface area contributed by atoms with Crippen LogP contribution in [0.4, 0.5) is 14.5 Å². The number of halogens is 2. The smallest absolute Gasteiger partial charge is 0.328 e. The average molecular weight is 582 g/mol. The van der Waals surface area contributed by atoms with Gasteiger partial charge >= 0.3 is 11.9 Å². The molecule has 0 bridgehead atoms. The first-order chi connectivity index (χ1) is 19.4. The molecule has 3 aliphatic rings. The molecule has 1 saturated carbocycles. The van der Waals surface area contributed by atoms with Crippen LogP contribution in [0.5, 0.6) is 5.75 Å². The summed E-state index contributed by atoms with van der Waals surface area (Å²) in [7, 11) is 0. The molecular formula is C28H37F2N3O8. The van der Waals surface area contributed by atoms with Gasteiger partial charge in [0, 0.05) is 50.9 Å². The summed E-state index contributed by atoms with van der Waals surface area (Å²) < 4.78 is 33.5. The fraction of sp³-hybridized carbons (Fsp3) is 0.571. The Balaban J connectivity index is 0.000000507. The highest BCUT2D eigenvalue weighted by atomic mass is 19.1. The zero-order valence-electron chi connectivity index (χ0n) is 23.1. The van der Waals surface area contributed by atoms with E-state index in [1.54, 1.807) is 6.07 Å². The summed E-state index contributed by atoms with van der Waals surface area (Å²) in [6.07, 6.45) is -0.901. The van der Waals surface area contributed by atoms with Gasteiger partial charge in [-0.1, -0.05) is 0 Å². The Bertz CT molecular complexity index is 1100. The van der Waals surface area contributed by atoms with E-state index in [0.29, 0.717) is 30.9 Å².